The number of aromatic nitrogens is 1. The summed E-state index contributed by atoms with van der Waals surface area (Å²) in [6.07, 6.45) is 8.57. The number of carbonyl (C=O) groups excluding carboxylic acids is 1. The Morgan fingerprint density at radius 3 is 2.77 bits per heavy atom. The fourth-order valence-electron chi connectivity index (χ4n) is 4.47. The van der Waals surface area contributed by atoms with Gasteiger partial charge in [-0.2, -0.15) is 0 Å². The van der Waals surface area contributed by atoms with Gasteiger partial charge in [0.25, 0.3) is 0 Å². The lowest BCUT2D eigenvalue weighted by atomic mass is 9.73. The number of rotatable bonds is 6. The van der Waals surface area contributed by atoms with E-state index in [4.69, 9.17) is 0 Å². The standard InChI is InChI=1S/C21H34N4O/c1-4-5-13-25-17-21(11-9-20(25)26)10-6-12-24(16-21)15-18-7-8-19(22-14-18)23(2)3/h7-8,14H,4-6,9-13,15-17H2,1-3H3. The van der Waals surface area contributed by atoms with Crippen molar-refractivity contribution < 1.29 is 4.79 Å². The quantitative estimate of drug-likeness (QED) is 0.783. The smallest absolute Gasteiger partial charge is 0.222 e. The Labute approximate surface area is 158 Å². The summed E-state index contributed by atoms with van der Waals surface area (Å²) < 4.78 is 0. The van der Waals surface area contributed by atoms with Gasteiger partial charge in [0.15, 0.2) is 0 Å². The molecule has 0 saturated carbocycles. The molecule has 3 heterocycles. The topological polar surface area (TPSA) is 39.7 Å². The van der Waals surface area contributed by atoms with Crippen molar-refractivity contribution in [3.8, 4) is 0 Å². The van der Waals surface area contributed by atoms with Crippen molar-refractivity contribution in [3.63, 3.8) is 0 Å². The molecule has 2 saturated heterocycles. The first-order chi connectivity index (χ1) is 12.5. The number of likely N-dealkylation sites (tertiary alicyclic amines) is 2. The van der Waals surface area contributed by atoms with E-state index in [1.165, 1.54) is 18.4 Å². The molecule has 0 radical (unpaired) electrons. The molecule has 1 unspecified atom stereocenters. The van der Waals surface area contributed by atoms with E-state index in [1.54, 1.807) is 0 Å². The molecule has 1 atom stereocenters. The summed E-state index contributed by atoms with van der Waals surface area (Å²) in [6, 6.07) is 4.29. The number of carbonyl (C=O) groups is 1. The van der Waals surface area contributed by atoms with E-state index in [0.29, 0.717) is 11.3 Å². The maximum Gasteiger partial charge on any atom is 0.222 e. The average Bonchev–Trinajstić information content (AvgIpc) is 2.63. The highest BCUT2D eigenvalue weighted by Crippen LogP contribution is 2.39. The van der Waals surface area contributed by atoms with Gasteiger partial charge in [-0.15, -0.1) is 0 Å². The number of anilines is 1. The van der Waals surface area contributed by atoms with Crippen molar-refractivity contribution in [2.24, 2.45) is 5.41 Å². The molecule has 5 heteroatoms. The van der Waals surface area contributed by atoms with Crippen LogP contribution in [0, 0.1) is 5.41 Å². The van der Waals surface area contributed by atoms with Gasteiger partial charge in [0, 0.05) is 58.3 Å². The second-order valence-corrected chi connectivity index (χ2v) is 8.40. The minimum Gasteiger partial charge on any atom is -0.363 e. The Morgan fingerprint density at radius 2 is 2.08 bits per heavy atom. The van der Waals surface area contributed by atoms with Crippen molar-refractivity contribution in [3.05, 3.63) is 23.9 Å². The predicted molar refractivity (Wildman–Crippen MR) is 106 cm³/mol. The summed E-state index contributed by atoms with van der Waals surface area (Å²) in [4.78, 5) is 23.6. The van der Waals surface area contributed by atoms with E-state index >= 15 is 0 Å². The summed E-state index contributed by atoms with van der Waals surface area (Å²) in [5.41, 5.74) is 1.58. The third-order valence-corrected chi connectivity index (χ3v) is 5.94. The zero-order chi connectivity index (χ0) is 18.6. The van der Waals surface area contributed by atoms with Crippen LogP contribution in [0.3, 0.4) is 0 Å². The molecule has 0 aromatic carbocycles. The van der Waals surface area contributed by atoms with Gasteiger partial charge in [-0.1, -0.05) is 19.4 Å². The summed E-state index contributed by atoms with van der Waals surface area (Å²) in [7, 11) is 4.04. The molecule has 1 spiro atoms. The van der Waals surface area contributed by atoms with Crippen LogP contribution in [0.2, 0.25) is 0 Å². The summed E-state index contributed by atoms with van der Waals surface area (Å²) in [5, 5.41) is 0. The van der Waals surface area contributed by atoms with Crippen LogP contribution >= 0.6 is 0 Å². The molecule has 5 nitrogen and oxygen atoms in total. The van der Waals surface area contributed by atoms with E-state index in [1.807, 2.05) is 25.2 Å². The highest BCUT2D eigenvalue weighted by atomic mass is 16.2. The third-order valence-electron chi connectivity index (χ3n) is 5.94. The molecule has 26 heavy (non-hydrogen) atoms. The molecule has 2 aliphatic heterocycles. The zero-order valence-electron chi connectivity index (χ0n) is 16.7. The van der Waals surface area contributed by atoms with Crippen LogP contribution in [0.1, 0.15) is 51.0 Å². The van der Waals surface area contributed by atoms with Gasteiger partial charge in [0.05, 0.1) is 0 Å². The molecular formula is C21H34N4O. The van der Waals surface area contributed by atoms with Crippen LogP contribution in [-0.2, 0) is 11.3 Å². The van der Waals surface area contributed by atoms with Crippen LogP contribution in [0.5, 0.6) is 0 Å². The van der Waals surface area contributed by atoms with E-state index in [2.05, 4.69) is 33.8 Å². The van der Waals surface area contributed by atoms with Crippen molar-refractivity contribution in [2.75, 3.05) is 45.2 Å². The average molecular weight is 359 g/mol. The van der Waals surface area contributed by atoms with Crippen LogP contribution in [0.25, 0.3) is 0 Å². The second kappa shape index (κ2) is 8.38. The third kappa shape index (κ3) is 4.56. The van der Waals surface area contributed by atoms with Crippen molar-refractivity contribution >= 4 is 11.7 Å². The molecule has 1 amide bonds. The summed E-state index contributed by atoms with van der Waals surface area (Å²) >= 11 is 0. The molecule has 0 N–H and O–H groups in total. The molecule has 0 bridgehead atoms. The van der Waals surface area contributed by atoms with Crippen LogP contribution < -0.4 is 4.90 Å². The Bertz CT molecular complexity index is 601. The van der Waals surface area contributed by atoms with E-state index in [0.717, 1.165) is 64.2 Å². The number of hydrogen-bond acceptors (Lipinski definition) is 4. The second-order valence-electron chi connectivity index (χ2n) is 8.40. The first kappa shape index (κ1) is 19.2. The van der Waals surface area contributed by atoms with E-state index in [9.17, 15) is 4.79 Å². The first-order valence-corrected chi connectivity index (χ1v) is 10.1. The summed E-state index contributed by atoms with van der Waals surface area (Å²) in [5.74, 6) is 1.37. The molecule has 1 aromatic heterocycles. The lowest BCUT2D eigenvalue weighted by Crippen LogP contribution is -2.53. The number of hydrogen-bond donors (Lipinski definition) is 0. The van der Waals surface area contributed by atoms with E-state index in [-0.39, 0.29) is 0 Å². The highest BCUT2D eigenvalue weighted by Gasteiger charge is 2.41. The Hall–Kier alpha value is -1.62. The van der Waals surface area contributed by atoms with E-state index < -0.39 is 0 Å². The Balaban J connectivity index is 1.62. The SMILES string of the molecule is CCCCN1CC2(CCCN(Cc3ccc(N(C)C)nc3)C2)CCC1=O. The highest BCUT2D eigenvalue weighted by molar-refractivity contribution is 5.77. The van der Waals surface area contributed by atoms with Gasteiger partial charge in [-0.3, -0.25) is 9.69 Å². The van der Waals surface area contributed by atoms with Gasteiger partial charge in [-0.25, -0.2) is 4.98 Å². The fourth-order valence-corrected chi connectivity index (χ4v) is 4.47. The molecule has 3 rings (SSSR count). The van der Waals surface area contributed by atoms with Crippen molar-refractivity contribution in [1.29, 1.82) is 0 Å². The predicted octanol–water partition coefficient (Wildman–Crippen LogP) is 3.15. The minimum absolute atomic E-state index is 0.302. The lowest BCUT2D eigenvalue weighted by Gasteiger charge is -2.48. The number of piperidine rings is 2. The molecule has 2 aliphatic rings. The lowest BCUT2D eigenvalue weighted by molar-refractivity contribution is -0.139. The number of nitrogens with zero attached hydrogens (tertiary/aromatic N) is 4. The monoisotopic (exact) mass is 358 g/mol. The number of amides is 1. The fraction of sp³-hybridized carbons (Fsp3) is 0.714. The Kier molecular flexibility index (Phi) is 6.17. The van der Waals surface area contributed by atoms with Gasteiger partial charge in [0.1, 0.15) is 5.82 Å². The number of pyridine rings is 1. The molecular weight excluding hydrogens is 324 g/mol. The van der Waals surface area contributed by atoms with Gasteiger partial charge >= 0.3 is 0 Å². The first-order valence-electron chi connectivity index (χ1n) is 10.1. The van der Waals surface area contributed by atoms with Crippen molar-refractivity contribution in [1.82, 2.24) is 14.8 Å². The summed E-state index contributed by atoms with van der Waals surface area (Å²) in [6.45, 7) is 7.32. The maximum atomic E-state index is 12.3. The molecule has 2 fully saturated rings. The van der Waals surface area contributed by atoms with Gasteiger partial charge in [-0.05, 0) is 43.9 Å². The minimum atomic E-state index is 0.302. The molecule has 144 valence electrons. The van der Waals surface area contributed by atoms with Gasteiger partial charge in [0.2, 0.25) is 5.91 Å². The number of unbranched alkanes of at least 4 members (excludes halogenated alkanes) is 1. The maximum absolute atomic E-state index is 12.3. The van der Waals surface area contributed by atoms with Crippen molar-refractivity contribution in [2.45, 2.75) is 52.0 Å². The zero-order valence-corrected chi connectivity index (χ0v) is 16.7. The normalized spacial score (nSPS) is 24.3. The van der Waals surface area contributed by atoms with Crippen LogP contribution in [0.15, 0.2) is 18.3 Å². The molecule has 0 aliphatic carbocycles. The largest absolute Gasteiger partial charge is 0.363 e. The van der Waals surface area contributed by atoms with Crippen LogP contribution in [0.4, 0.5) is 5.82 Å². The van der Waals surface area contributed by atoms with Gasteiger partial charge < -0.3 is 9.80 Å². The molecule has 1 aromatic rings. The van der Waals surface area contributed by atoms with Crippen LogP contribution in [-0.4, -0.2) is 61.0 Å². The Morgan fingerprint density at radius 1 is 1.23 bits per heavy atom.